The van der Waals surface area contributed by atoms with Crippen LogP contribution in [-0.4, -0.2) is 39.6 Å². The van der Waals surface area contributed by atoms with Crippen LogP contribution in [-0.2, 0) is 10.2 Å². The number of hydrogen-bond donors (Lipinski definition) is 3. The van der Waals surface area contributed by atoms with Crippen molar-refractivity contribution in [2.24, 2.45) is 0 Å². The summed E-state index contributed by atoms with van der Waals surface area (Å²) in [5.74, 6) is 5.91. The monoisotopic (exact) mass is 488 g/mol. The minimum atomic E-state index is -0.560. The second kappa shape index (κ2) is 10.1. The third kappa shape index (κ3) is 5.96. The van der Waals surface area contributed by atoms with Gasteiger partial charge in [0.1, 0.15) is 5.75 Å². The third-order valence-electron chi connectivity index (χ3n) is 4.73. The lowest BCUT2D eigenvalue weighted by molar-refractivity contribution is -0.119. The number of rotatable bonds is 6. The number of thioether (sulfide) groups is 1. The van der Waals surface area contributed by atoms with Gasteiger partial charge in [-0.3, -0.25) is 20.4 Å². The van der Waals surface area contributed by atoms with Crippen LogP contribution in [0.15, 0.2) is 47.6 Å². The molecule has 0 bridgehead atoms. The molecule has 0 aliphatic rings. The van der Waals surface area contributed by atoms with Gasteiger partial charge in [0.2, 0.25) is 11.1 Å². The normalized spacial score (nSPS) is 11.2. The molecule has 4 N–H and O–H groups in total. The first-order chi connectivity index (χ1) is 15.6. The number of halogens is 1. The number of nitrogens with zero attached hydrogens (tertiary/aromatic N) is 3. The molecular formula is C22H25ClN6O3S. The van der Waals surface area contributed by atoms with Gasteiger partial charge in [-0.25, -0.2) is 4.68 Å². The summed E-state index contributed by atoms with van der Waals surface area (Å²) in [6.45, 7) is 6.42. The Labute approximate surface area is 201 Å². The van der Waals surface area contributed by atoms with E-state index in [1.165, 1.54) is 23.4 Å². The summed E-state index contributed by atoms with van der Waals surface area (Å²) in [6, 6.07) is 12.6. The van der Waals surface area contributed by atoms with Crippen molar-refractivity contribution >= 4 is 35.2 Å². The van der Waals surface area contributed by atoms with E-state index in [1.54, 1.807) is 12.1 Å². The molecular weight excluding hydrogens is 464 g/mol. The largest absolute Gasteiger partial charge is 0.496 e. The van der Waals surface area contributed by atoms with E-state index in [9.17, 15) is 9.59 Å². The first-order valence-corrected chi connectivity index (χ1v) is 11.3. The van der Waals surface area contributed by atoms with E-state index in [1.807, 2.05) is 24.3 Å². The van der Waals surface area contributed by atoms with Crippen LogP contribution < -0.4 is 21.4 Å². The predicted octanol–water partition coefficient (Wildman–Crippen LogP) is 3.17. The minimum absolute atomic E-state index is 0.0365. The summed E-state index contributed by atoms with van der Waals surface area (Å²) in [5, 5.41) is 8.93. The maximum absolute atomic E-state index is 12.3. The molecule has 3 rings (SSSR count). The Kier molecular flexibility index (Phi) is 7.50. The van der Waals surface area contributed by atoms with Crippen LogP contribution >= 0.6 is 23.4 Å². The molecule has 3 aromatic rings. The molecule has 0 aliphatic carbocycles. The smallest absolute Gasteiger partial charge is 0.273 e. The topological polar surface area (TPSA) is 124 Å². The highest BCUT2D eigenvalue weighted by molar-refractivity contribution is 7.99. The van der Waals surface area contributed by atoms with Gasteiger partial charge in [-0.05, 0) is 29.2 Å². The van der Waals surface area contributed by atoms with Gasteiger partial charge in [0.25, 0.3) is 5.91 Å². The molecule has 1 heterocycles. The average Bonchev–Trinajstić information content (AvgIpc) is 3.15. The van der Waals surface area contributed by atoms with Crippen molar-refractivity contribution < 1.29 is 14.3 Å². The molecule has 0 fully saturated rings. The molecule has 2 aromatic carbocycles. The molecule has 11 heteroatoms. The molecule has 0 saturated heterocycles. The Morgan fingerprint density at radius 2 is 1.82 bits per heavy atom. The van der Waals surface area contributed by atoms with E-state index in [-0.39, 0.29) is 16.7 Å². The molecule has 0 saturated carbocycles. The Balaban J connectivity index is 1.57. The second-order valence-electron chi connectivity index (χ2n) is 8.14. The van der Waals surface area contributed by atoms with Crippen molar-refractivity contribution in [2.45, 2.75) is 31.3 Å². The minimum Gasteiger partial charge on any atom is -0.496 e. The predicted molar refractivity (Wildman–Crippen MR) is 129 cm³/mol. The van der Waals surface area contributed by atoms with Gasteiger partial charge in [-0.1, -0.05) is 68.4 Å². The number of methoxy groups -OCH3 is 1. The number of aromatic nitrogens is 3. The molecule has 2 amide bonds. The van der Waals surface area contributed by atoms with Gasteiger partial charge in [0.15, 0.2) is 5.82 Å². The van der Waals surface area contributed by atoms with Gasteiger partial charge >= 0.3 is 0 Å². The molecule has 9 nitrogen and oxygen atoms in total. The number of nitrogen functional groups attached to an aromatic ring is 1. The molecule has 174 valence electrons. The number of nitrogens with two attached hydrogens (primary N) is 1. The molecule has 0 unspecified atom stereocenters. The number of carbonyl (C=O) groups is 2. The maximum atomic E-state index is 12.3. The van der Waals surface area contributed by atoms with Gasteiger partial charge in [0.05, 0.1) is 18.4 Å². The van der Waals surface area contributed by atoms with Crippen LogP contribution in [0.1, 0.15) is 36.7 Å². The Hall–Kier alpha value is -3.24. The summed E-state index contributed by atoms with van der Waals surface area (Å²) in [5.41, 5.74) is 6.92. The van der Waals surface area contributed by atoms with Crippen molar-refractivity contribution in [2.75, 3.05) is 18.7 Å². The van der Waals surface area contributed by atoms with Gasteiger partial charge in [0, 0.05) is 10.6 Å². The Morgan fingerprint density at radius 1 is 1.12 bits per heavy atom. The number of hydrogen-bond acceptors (Lipinski definition) is 7. The highest BCUT2D eigenvalue weighted by Gasteiger charge is 2.17. The van der Waals surface area contributed by atoms with E-state index in [0.717, 1.165) is 17.3 Å². The van der Waals surface area contributed by atoms with Crippen LogP contribution in [0.2, 0.25) is 5.02 Å². The summed E-state index contributed by atoms with van der Waals surface area (Å²) >= 11 is 7.02. The summed E-state index contributed by atoms with van der Waals surface area (Å²) in [4.78, 5) is 24.5. The molecule has 0 atom stereocenters. The zero-order valence-electron chi connectivity index (χ0n) is 18.7. The lowest BCUT2D eigenvalue weighted by Gasteiger charge is -2.19. The Bertz CT molecular complexity index is 1160. The lowest BCUT2D eigenvalue weighted by atomic mass is 9.87. The van der Waals surface area contributed by atoms with Crippen molar-refractivity contribution in [3.8, 4) is 17.1 Å². The highest BCUT2D eigenvalue weighted by atomic mass is 35.5. The lowest BCUT2D eigenvalue weighted by Crippen LogP contribution is -2.42. The number of benzene rings is 2. The second-order valence-corrected chi connectivity index (χ2v) is 9.52. The molecule has 1 aromatic heterocycles. The molecule has 33 heavy (non-hydrogen) atoms. The van der Waals surface area contributed by atoms with Crippen LogP contribution in [0.5, 0.6) is 5.75 Å². The summed E-state index contributed by atoms with van der Waals surface area (Å²) in [7, 11) is 1.44. The van der Waals surface area contributed by atoms with Gasteiger partial charge < -0.3 is 10.6 Å². The SMILES string of the molecule is COc1ccc(Cl)cc1C(=O)NNC(=O)CSc1nnc(-c2ccc(C(C)(C)C)cc2)n1N. The highest BCUT2D eigenvalue weighted by Crippen LogP contribution is 2.26. The van der Waals surface area contributed by atoms with Crippen molar-refractivity contribution in [3.05, 3.63) is 58.6 Å². The fourth-order valence-electron chi connectivity index (χ4n) is 2.91. The number of amides is 2. The summed E-state index contributed by atoms with van der Waals surface area (Å²) in [6.07, 6.45) is 0. The number of carbonyl (C=O) groups excluding carboxylic acids is 2. The van der Waals surface area contributed by atoms with E-state index in [4.69, 9.17) is 22.2 Å². The fourth-order valence-corrected chi connectivity index (χ4v) is 3.74. The van der Waals surface area contributed by atoms with Crippen LogP contribution in [0.3, 0.4) is 0 Å². The number of ether oxygens (including phenoxy) is 1. The van der Waals surface area contributed by atoms with Gasteiger partial charge in [-0.2, -0.15) is 0 Å². The van der Waals surface area contributed by atoms with Crippen molar-refractivity contribution in [1.82, 2.24) is 25.7 Å². The fraction of sp³-hybridized carbons (Fsp3) is 0.273. The van der Waals surface area contributed by atoms with Crippen LogP contribution in [0.25, 0.3) is 11.4 Å². The quantitative estimate of drug-likeness (QED) is 0.276. The summed E-state index contributed by atoms with van der Waals surface area (Å²) < 4.78 is 6.47. The van der Waals surface area contributed by atoms with Crippen LogP contribution in [0, 0.1) is 0 Å². The first kappa shape index (κ1) is 24.4. The molecule has 0 radical (unpaired) electrons. The standard InChI is InChI=1S/C22H25ClN6O3S/c1-22(2,3)14-7-5-13(6-8-14)19-26-28-21(29(19)24)33-12-18(30)25-27-20(31)16-11-15(23)9-10-17(16)32-4/h5-11H,12,24H2,1-4H3,(H,25,30)(H,27,31). The zero-order valence-corrected chi connectivity index (χ0v) is 20.3. The van der Waals surface area contributed by atoms with E-state index in [2.05, 4.69) is 41.8 Å². The third-order valence-corrected chi connectivity index (χ3v) is 5.91. The maximum Gasteiger partial charge on any atom is 0.273 e. The Morgan fingerprint density at radius 3 is 2.45 bits per heavy atom. The van der Waals surface area contributed by atoms with Crippen molar-refractivity contribution in [3.63, 3.8) is 0 Å². The molecule has 0 aliphatic heterocycles. The zero-order chi connectivity index (χ0) is 24.2. The van der Waals surface area contributed by atoms with E-state index >= 15 is 0 Å². The number of hydrazine groups is 1. The number of nitrogens with one attached hydrogen (secondary N) is 2. The molecule has 0 spiro atoms. The van der Waals surface area contributed by atoms with Crippen molar-refractivity contribution in [1.29, 1.82) is 0 Å². The van der Waals surface area contributed by atoms with Gasteiger partial charge in [-0.15, -0.1) is 10.2 Å². The average molecular weight is 489 g/mol. The first-order valence-electron chi connectivity index (χ1n) is 9.97. The van der Waals surface area contributed by atoms with E-state index in [0.29, 0.717) is 21.8 Å². The van der Waals surface area contributed by atoms with E-state index < -0.39 is 11.8 Å². The van der Waals surface area contributed by atoms with Crippen LogP contribution in [0.4, 0.5) is 0 Å².